The Labute approximate surface area is 92.8 Å². The van der Waals surface area contributed by atoms with E-state index in [-0.39, 0.29) is 0 Å². The minimum Gasteiger partial charge on any atom is -0.375 e. The summed E-state index contributed by atoms with van der Waals surface area (Å²) < 4.78 is 6.55. The molecule has 0 saturated heterocycles. The Kier molecular flexibility index (Phi) is 3.54. The second kappa shape index (κ2) is 4.89. The van der Waals surface area contributed by atoms with Gasteiger partial charge in [0.1, 0.15) is 0 Å². The summed E-state index contributed by atoms with van der Waals surface area (Å²) in [6.45, 7) is 1.52. The summed E-state index contributed by atoms with van der Waals surface area (Å²) in [6, 6.07) is 3.98. The van der Waals surface area contributed by atoms with E-state index in [0.717, 1.165) is 22.7 Å². The monoisotopic (exact) mass is 255 g/mol. The molecule has 1 heterocycles. The summed E-state index contributed by atoms with van der Waals surface area (Å²) in [7, 11) is 0. The van der Waals surface area contributed by atoms with Gasteiger partial charge in [-0.3, -0.25) is 4.98 Å². The summed E-state index contributed by atoms with van der Waals surface area (Å²) in [5.74, 6) is 0.952. The fourth-order valence-corrected chi connectivity index (χ4v) is 1.56. The van der Waals surface area contributed by atoms with Gasteiger partial charge in [0.25, 0.3) is 0 Å². The molecule has 0 atom stereocenters. The standard InChI is InChI=1S/C11H14BrNO/c12-10-3-4-11(13-7-10)8-14-6-5-9-1-2-9/h3-4,7,9H,1-2,5-6,8H2. The Morgan fingerprint density at radius 3 is 2.93 bits per heavy atom. The lowest BCUT2D eigenvalue weighted by Gasteiger charge is -2.02. The number of aromatic nitrogens is 1. The van der Waals surface area contributed by atoms with Gasteiger partial charge in [0.05, 0.1) is 12.3 Å². The van der Waals surface area contributed by atoms with Crippen LogP contribution in [0.1, 0.15) is 25.0 Å². The van der Waals surface area contributed by atoms with E-state index < -0.39 is 0 Å². The maximum absolute atomic E-state index is 5.53. The van der Waals surface area contributed by atoms with Gasteiger partial charge < -0.3 is 4.74 Å². The van der Waals surface area contributed by atoms with Gasteiger partial charge in [0, 0.05) is 17.3 Å². The zero-order chi connectivity index (χ0) is 9.80. The van der Waals surface area contributed by atoms with E-state index >= 15 is 0 Å². The van der Waals surface area contributed by atoms with Gasteiger partial charge >= 0.3 is 0 Å². The van der Waals surface area contributed by atoms with Crippen LogP contribution in [0.3, 0.4) is 0 Å². The van der Waals surface area contributed by atoms with Crippen LogP contribution in [0.4, 0.5) is 0 Å². The molecule has 1 fully saturated rings. The molecule has 3 heteroatoms. The summed E-state index contributed by atoms with van der Waals surface area (Å²) in [5.41, 5.74) is 1.00. The maximum Gasteiger partial charge on any atom is 0.0887 e. The van der Waals surface area contributed by atoms with Gasteiger partial charge in [-0.2, -0.15) is 0 Å². The third-order valence-electron chi connectivity index (χ3n) is 2.41. The predicted molar refractivity (Wildman–Crippen MR) is 58.9 cm³/mol. The molecule has 14 heavy (non-hydrogen) atoms. The number of nitrogens with zero attached hydrogens (tertiary/aromatic N) is 1. The molecular weight excluding hydrogens is 242 g/mol. The van der Waals surface area contributed by atoms with E-state index in [4.69, 9.17) is 4.74 Å². The fraction of sp³-hybridized carbons (Fsp3) is 0.545. The van der Waals surface area contributed by atoms with E-state index in [1.807, 2.05) is 12.1 Å². The lowest BCUT2D eigenvalue weighted by atomic mass is 10.3. The molecular formula is C11H14BrNO. The molecule has 1 saturated carbocycles. The molecule has 0 N–H and O–H groups in total. The highest BCUT2D eigenvalue weighted by atomic mass is 79.9. The van der Waals surface area contributed by atoms with E-state index in [0.29, 0.717) is 6.61 Å². The summed E-state index contributed by atoms with van der Waals surface area (Å²) >= 11 is 3.35. The SMILES string of the molecule is Brc1ccc(COCCC2CC2)nc1. The average Bonchev–Trinajstić information content (AvgIpc) is 2.99. The van der Waals surface area contributed by atoms with Gasteiger partial charge in [-0.25, -0.2) is 0 Å². The highest BCUT2D eigenvalue weighted by molar-refractivity contribution is 9.10. The number of rotatable bonds is 5. The first-order valence-electron chi connectivity index (χ1n) is 5.03. The van der Waals surface area contributed by atoms with Crippen molar-refractivity contribution in [1.29, 1.82) is 0 Å². The van der Waals surface area contributed by atoms with Crippen LogP contribution in [0.5, 0.6) is 0 Å². The largest absolute Gasteiger partial charge is 0.375 e. The molecule has 2 nitrogen and oxygen atoms in total. The first-order valence-corrected chi connectivity index (χ1v) is 5.82. The van der Waals surface area contributed by atoms with Crippen molar-refractivity contribution < 1.29 is 4.74 Å². The molecule has 1 aliphatic rings. The molecule has 1 aliphatic carbocycles. The Hall–Kier alpha value is -0.410. The number of pyridine rings is 1. The molecule has 0 aliphatic heterocycles. The molecule has 2 rings (SSSR count). The molecule has 0 radical (unpaired) electrons. The maximum atomic E-state index is 5.53. The zero-order valence-corrected chi connectivity index (χ0v) is 9.66. The third kappa shape index (κ3) is 3.39. The van der Waals surface area contributed by atoms with Crippen molar-refractivity contribution in [2.24, 2.45) is 5.92 Å². The lowest BCUT2D eigenvalue weighted by Crippen LogP contribution is -1.98. The van der Waals surface area contributed by atoms with Crippen molar-refractivity contribution in [1.82, 2.24) is 4.98 Å². The van der Waals surface area contributed by atoms with E-state index in [2.05, 4.69) is 20.9 Å². The molecule has 1 aromatic heterocycles. The average molecular weight is 256 g/mol. The van der Waals surface area contributed by atoms with Crippen LogP contribution in [-0.2, 0) is 11.3 Å². The third-order valence-corrected chi connectivity index (χ3v) is 2.88. The van der Waals surface area contributed by atoms with Crippen molar-refractivity contribution in [3.05, 3.63) is 28.5 Å². The van der Waals surface area contributed by atoms with Crippen LogP contribution in [0.2, 0.25) is 0 Å². The molecule has 0 aromatic carbocycles. The van der Waals surface area contributed by atoms with Crippen molar-refractivity contribution in [3.63, 3.8) is 0 Å². The van der Waals surface area contributed by atoms with Gasteiger partial charge in [-0.05, 0) is 40.4 Å². The van der Waals surface area contributed by atoms with Crippen LogP contribution >= 0.6 is 15.9 Å². The van der Waals surface area contributed by atoms with Crippen LogP contribution in [0.25, 0.3) is 0 Å². The quantitative estimate of drug-likeness (QED) is 0.755. The molecule has 1 aromatic rings. The second-order valence-corrected chi connectivity index (χ2v) is 4.67. The van der Waals surface area contributed by atoms with E-state index in [9.17, 15) is 0 Å². The minimum absolute atomic E-state index is 0.639. The second-order valence-electron chi connectivity index (χ2n) is 3.75. The van der Waals surface area contributed by atoms with Crippen molar-refractivity contribution in [2.75, 3.05) is 6.61 Å². The van der Waals surface area contributed by atoms with Gasteiger partial charge in [0.2, 0.25) is 0 Å². The normalized spacial score (nSPS) is 15.8. The topological polar surface area (TPSA) is 22.1 Å². The first-order chi connectivity index (χ1) is 6.84. The number of ether oxygens (including phenoxy) is 1. The van der Waals surface area contributed by atoms with E-state index in [1.165, 1.54) is 19.3 Å². The van der Waals surface area contributed by atoms with Crippen LogP contribution in [0.15, 0.2) is 22.8 Å². The summed E-state index contributed by atoms with van der Waals surface area (Å²) in [4.78, 5) is 4.24. The Morgan fingerprint density at radius 2 is 2.29 bits per heavy atom. The molecule has 0 amide bonds. The fourth-order valence-electron chi connectivity index (χ4n) is 1.33. The first kappa shape index (κ1) is 10.1. The van der Waals surface area contributed by atoms with Crippen molar-refractivity contribution in [2.45, 2.75) is 25.9 Å². The van der Waals surface area contributed by atoms with Crippen molar-refractivity contribution >= 4 is 15.9 Å². The summed E-state index contributed by atoms with van der Waals surface area (Å²) in [5, 5.41) is 0. The number of hydrogen-bond donors (Lipinski definition) is 0. The van der Waals surface area contributed by atoms with Crippen LogP contribution in [-0.4, -0.2) is 11.6 Å². The molecule has 0 bridgehead atoms. The van der Waals surface area contributed by atoms with Crippen LogP contribution < -0.4 is 0 Å². The van der Waals surface area contributed by atoms with Gasteiger partial charge in [0.15, 0.2) is 0 Å². The Balaban J connectivity index is 1.66. The Bertz CT molecular complexity index is 282. The number of halogens is 1. The lowest BCUT2D eigenvalue weighted by molar-refractivity contribution is 0.112. The molecule has 76 valence electrons. The smallest absolute Gasteiger partial charge is 0.0887 e. The molecule has 0 unspecified atom stereocenters. The van der Waals surface area contributed by atoms with Crippen molar-refractivity contribution in [3.8, 4) is 0 Å². The van der Waals surface area contributed by atoms with Crippen LogP contribution in [0, 0.1) is 5.92 Å². The zero-order valence-electron chi connectivity index (χ0n) is 8.08. The highest BCUT2D eigenvalue weighted by Gasteiger charge is 2.20. The number of hydrogen-bond acceptors (Lipinski definition) is 2. The summed E-state index contributed by atoms with van der Waals surface area (Å²) in [6.07, 6.45) is 5.83. The predicted octanol–water partition coefficient (Wildman–Crippen LogP) is 3.16. The van der Waals surface area contributed by atoms with E-state index in [1.54, 1.807) is 6.20 Å². The van der Waals surface area contributed by atoms with Gasteiger partial charge in [-0.1, -0.05) is 12.8 Å². The minimum atomic E-state index is 0.639. The Morgan fingerprint density at radius 1 is 1.43 bits per heavy atom. The van der Waals surface area contributed by atoms with Gasteiger partial charge in [-0.15, -0.1) is 0 Å². The highest BCUT2D eigenvalue weighted by Crippen LogP contribution is 2.32. The molecule has 0 spiro atoms.